The number of aromatic hydroxyl groups is 1. The van der Waals surface area contributed by atoms with Crippen LogP contribution in [0.3, 0.4) is 0 Å². The number of benzene rings is 7. The predicted octanol–water partition coefficient (Wildman–Crippen LogP) is 12.9. The molecule has 10 N–H and O–H groups in total. The molecule has 7 aromatic rings. The number of aliphatic hydroxyl groups is 3. The van der Waals surface area contributed by atoms with E-state index in [-0.39, 0.29) is 66.3 Å². The minimum Gasteiger partial charge on any atom is -0.508 e. The highest BCUT2D eigenvalue weighted by atomic mass is 32.2. The number of aliphatic imine (C=N–C) groups is 1. The minimum absolute atomic E-state index is 0.00638. The maximum Gasteiger partial charge on any atom is 0.268 e. The number of rotatable bonds is 12. The van der Waals surface area contributed by atoms with Gasteiger partial charge in [0.2, 0.25) is 5.72 Å². The molecule has 14 heteroatoms. The van der Waals surface area contributed by atoms with Crippen LogP contribution in [0.2, 0.25) is 0 Å². The summed E-state index contributed by atoms with van der Waals surface area (Å²) in [5.41, 5.74) is 22.0. The quantitative estimate of drug-likeness (QED) is 0.0188. The van der Waals surface area contributed by atoms with Gasteiger partial charge in [-0.3, -0.25) is 4.55 Å². The van der Waals surface area contributed by atoms with E-state index in [0.717, 1.165) is 93.1 Å². The molecule has 484 valence electrons. The van der Waals surface area contributed by atoms with E-state index in [0.29, 0.717) is 74.7 Å². The van der Waals surface area contributed by atoms with Gasteiger partial charge < -0.3 is 46.7 Å². The van der Waals surface area contributed by atoms with Gasteiger partial charge in [0, 0.05) is 60.4 Å². The van der Waals surface area contributed by atoms with Crippen LogP contribution in [0, 0.1) is 53.3 Å². The van der Waals surface area contributed by atoms with Gasteiger partial charge in [-0.2, -0.15) is 8.42 Å². The van der Waals surface area contributed by atoms with Crippen LogP contribution in [0.15, 0.2) is 168 Å². The highest BCUT2D eigenvalue weighted by Crippen LogP contribution is 2.60. The third-order valence-corrected chi connectivity index (χ3v) is 24.3. The zero-order valence-electron chi connectivity index (χ0n) is 53.3. The van der Waals surface area contributed by atoms with E-state index in [1.54, 1.807) is 12.1 Å². The molecule has 3 fully saturated rings. The number of hydrogen-bond acceptors (Lipinski definition) is 10. The van der Waals surface area contributed by atoms with Gasteiger partial charge in [0.15, 0.2) is 5.96 Å². The van der Waals surface area contributed by atoms with E-state index < -0.39 is 62.6 Å². The topological polar surface area (TPSA) is 230 Å². The average Bonchev–Trinajstić information content (AvgIpc) is 1.35. The Labute approximate surface area is 547 Å². The fraction of sp³-hybridized carbons (Fsp3) is 0.430. The number of phenolic OH excluding ortho intramolecular Hbond substituents is 1. The van der Waals surface area contributed by atoms with Crippen LogP contribution in [0.25, 0.3) is 10.8 Å². The van der Waals surface area contributed by atoms with Crippen LogP contribution in [0.4, 0.5) is 0 Å². The molecule has 1 saturated heterocycles. The summed E-state index contributed by atoms with van der Waals surface area (Å²) in [4.78, 5) is 5.37. The lowest BCUT2D eigenvalue weighted by atomic mass is 9.53. The van der Waals surface area contributed by atoms with Crippen LogP contribution in [-0.4, -0.2) is 70.0 Å². The van der Waals surface area contributed by atoms with E-state index in [1.165, 1.54) is 5.56 Å². The van der Waals surface area contributed by atoms with Crippen LogP contribution in [0.5, 0.6) is 11.5 Å². The molecule has 0 radical (unpaired) electrons. The van der Waals surface area contributed by atoms with Crippen molar-refractivity contribution in [3.63, 3.8) is 0 Å². The molecule has 7 aromatic carbocycles. The standard InChI is InChI=1S/C79H88N4O9S/c1-47-15-16-56-39-64-29-31-67(56)69(47)43-74(93(88,89)90)70-41-60-37-59(40-65-35-49(46-84)11-8-13-55-38-63(85)28-30-68(55)76(60)91-65)75(70)53-21-25-62(26-22-53)79(92-64,83-77(80)81)71-32-27-61-24-23-57(44-78(61,87)72(71)36-48-9-4-3-5-10-48)51-17-19-52(20-18-51)73(86)42-58-34-50(45-82-2)33-54-12-6-7-14-66(54)58/h3-7,9-10,12,14,17-22,25-26,28-31,33-34,38-39,41,47,49,57,59,61,65,69-76,82,84-87H,11,15-16,23-24,27,32,35-37,40,42-46H2,1-2H3,(H4,80,81,83)(H,88,89,90). The molecule has 10 bridgehead atoms. The number of allylic oxidation sites excluding steroid dienone is 1. The first kappa shape index (κ1) is 63.1. The number of aliphatic hydroxyl groups excluding tert-OH is 2. The summed E-state index contributed by atoms with van der Waals surface area (Å²) < 4.78 is 56.1. The predicted molar refractivity (Wildman–Crippen MR) is 364 cm³/mol. The lowest BCUT2D eigenvalue weighted by molar-refractivity contribution is -0.177. The Hall–Kier alpha value is -7.32. The maximum atomic E-state index is 14.6. The number of fused-ring (bicyclic) bond motifs is 10. The van der Waals surface area contributed by atoms with Crippen molar-refractivity contribution in [3.05, 3.63) is 225 Å². The van der Waals surface area contributed by atoms with Crippen molar-refractivity contribution < 1.29 is 42.9 Å². The van der Waals surface area contributed by atoms with Gasteiger partial charge in [-0.15, -0.1) is 0 Å². The molecule has 0 amide bonds. The van der Waals surface area contributed by atoms with E-state index in [9.17, 15) is 33.4 Å². The summed E-state index contributed by atoms with van der Waals surface area (Å²) in [5, 5.41) is 52.1. The summed E-state index contributed by atoms with van der Waals surface area (Å²) in [6, 6.07) is 51.1. The molecule has 16 atom stereocenters. The second-order valence-corrected chi connectivity index (χ2v) is 30.1. The zero-order chi connectivity index (χ0) is 64.3. The largest absolute Gasteiger partial charge is 0.508 e. The molecule has 16 unspecified atom stereocenters. The highest BCUT2D eigenvalue weighted by molar-refractivity contribution is 7.86. The Morgan fingerprint density at radius 1 is 0.828 bits per heavy atom. The fourth-order valence-electron chi connectivity index (χ4n) is 18.6. The monoisotopic (exact) mass is 1270 g/mol. The Bertz CT molecular complexity index is 4140. The van der Waals surface area contributed by atoms with Crippen LogP contribution in [-0.2, 0) is 46.4 Å². The fourth-order valence-corrected chi connectivity index (χ4v) is 19.7. The lowest BCUT2D eigenvalue weighted by Gasteiger charge is -2.57. The summed E-state index contributed by atoms with van der Waals surface area (Å²) in [6.07, 6.45) is 8.73. The highest BCUT2D eigenvalue weighted by Gasteiger charge is 2.60. The molecule has 0 spiro atoms. The van der Waals surface area contributed by atoms with E-state index in [4.69, 9.17) is 25.9 Å². The van der Waals surface area contributed by atoms with E-state index in [2.05, 4.69) is 133 Å². The van der Waals surface area contributed by atoms with Crippen molar-refractivity contribution in [1.29, 1.82) is 0 Å². The van der Waals surface area contributed by atoms with Gasteiger partial charge in [-0.05, 0) is 217 Å². The van der Waals surface area contributed by atoms with Crippen molar-refractivity contribution in [2.45, 2.75) is 156 Å². The molecule has 9 aliphatic rings. The van der Waals surface area contributed by atoms with Crippen molar-refractivity contribution in [1.82, 2.24) is 5.32 Å². The van der Waals surface area contributed by atoms with Crippen LogP contribution >= 0.6 is 0 Å². The second-order valence-electron chi connectivity index (χ2n) is 28.5. The molecule has 4 aliphatic carbocycles. The number of ether oxygens (including phenoxy) is 2. The third kappa shape index (κ3) is 12.3. The molecule has 5 heterocycles. The normalized spacial score (nSPS) is 30.9. The summed E-state index contributed by atoms with van der Waals surface area (Å²) >= 11 is 0. The first-order valence-corrected chi connectivity index (χ1v) is 35.4. The van der Waals surface area contributed by atoms with Gasteiger partial charge in [0.05, 0.1) is 23.1 Å². The number of hydrogen-bond donors (Lipinski definition) is 8. The smallest absolute Gasteiger partial charge is 0.268 e. The van der Waals surface area contributed by atoms with Crippen molar-refractivity contribution in [2.24, 2.45) is 57.9 Å². The number of nitrogens with one attached hydrogen (secondary N) is 1. The second kappa shape index (κ2) is 25.8. The van der Waals surface area contributed by atoms with Crippen molar-refractivity contribution >= 4 is 26.9 Å². The van der Waals surface area contributed by atoms with Crippen molar-refractivity contribution in [3.8, 4) is 23.3 Å². The third-order valence-electron chi connectivity index (χ3n) is 23.0. The molecule has 93 heavy (non-hydrogen) atoms. The van der Waals surface area contributed by atoms with Gasteiger partial charge in [-0.1, -0.05) is 146 Å². The first-order chi connectivity index (χ1) is 44.9. The number of phenols is 1. The Morgan fingerprint density at radius 3 is 2.37 bits per heavy atom. The van der Waals surface area contributed by atoms with Crippen molar-refractivity contribution in [2.75, 3.05) is 13.7 Å². The van der Waals surface area contributed by atoms with Gasteiger partial charge in [0.25, 0.3) is 10.1 Å². The van der Waals surface area contributed by atoms with Gasteiger partial charge in [0.1, 0.15) is 17.6 Å². The molecule has 13 nitrogen and oxygen atoms in total. The molecule has 5 aliphatic heterocycles. The first-order valence-electron chi connectivity index (χ1n) is 33.9. The molecule has 16 rings (SSSR count). The lowest BCUT2D eigenvalue weighted by Crippen LogP contribution is -2.60. The average molecular weight is 1270 g/mol. The summed E-state index contributed by atoms with van der Waals surface area (Å²) in [5.74, 6) is 4.47. The number of guanidine groups is 1. The summed E-state index contributed by atoms with van der Waals surface area (Å²) in [6.45, 7) is 2.83. The zero-order valence-corrected chi connectivity index (χ0v) is 54.1. The van der Waals surface area contributed by atoms with E-state index >= 15 is 0 Å². The summed E-state index contributed by atoms with van der Waals surface area (Å²) in [7, 11) is -2.78. The van der Waals surface area contributed by atoms with Crippen LogP contribution < -0.4 is 21.5 Å². The number of nitrogens with zero attached hydrogens (tertiary/aromatic N) is 1. The molecular formula is C79H88N4O9S. The van der Waals surface area contributed by atoms with Gasteiger partial charge in [-0.25, -0.2) is 4.99 Å². The minimum atomic E-state index is -4.73. The SMILES string of the molecule is CNCc1cc(CC(O)c2ccc(C3CCC4CCC(C5(N=C(N)N)Oc6ccc7c(c6)CCC(C)C7CC(S(=O)(=O)O)C6C=C7CC(CC8CC(CO)CC#Cc9cc(O)ccc9C7O8)C6c6ccc5cc6)C(Cc5ccccc5)C4(O)C3)cc2)c2ccccc2c1. The Balaban J connectivity index is 0.878. The van der Waals surface area contributed by atoms with E-state index in [1.807, 2.05) is 43.4 Å². The van der Waals surface area contributed by atoms with Crippen LogP contribution in [0.1, 0.15) is 169 Å². The van der Waals surface area contributed by atoms with Gasteiger partial charge >= 0.3 is 0 Å². The Kier molecular flexibility index (Phi) is 17.5. The maximum absolute atomic E-state index is 14.6. The molecular weight excluding hydrogens is 1180 g/mol. The number of aryl methyl sites for hydroxylation is 1. The number of nitrogens with two attached hydrogens (primary N) is 2. The Morgan fingerprint density at radius 2 is 1.59 bits per heavy atom. The molecule has 0 aromatic heterocycles. The molecule has 2 saturated carbocycles.